The summed E-state index contributed by atoms with van der Waals surface area (Å²) in [6.45, 7) is 0.467. The molecular formula is C25H30N4O4S. The van der Waals surface area contributed by atoms with Crippen LogP contribution in [0.5, 0.6) is 0 Å². The molecule has 9 heteroatoms. The van der Waals surface area contributed by atoms with Gasteiger partial charge in [-0.3, -0.25) is 19.3 Å². The molecular weight excluding hydrogens is 452 g/mol. The molecule has 1 aliphatic heterocycles. The van der Waals surface area contributed by atoms with Gasteiger partial charge in [-0.25, -0.2) is 8.42 Å². The third kappa shape index (κ3) is 6.44. The first-order valence-electron chi connectivity index (χ1n) is 11.7. The van der Waals surface area contributed by atoms with Gasteiger partial charge in [-0.05, 0) is 43.4 Å². The molecule has 1 fully saturated rings. The van der Waals surface area contributed by atoms with Crippen molar-refractivity contribution >= 4 is 27.7 Å². The average Bonchev–Trinajstić information content (AvgIpc) is 3.60. The molecule has 2 aromatic rings. The van der Waals surface area contributed by atoms with E-state index < -0.39 is 16.1 Å². The van der Waals surface area contributed by atoms with Crippen LogP contribution in [0.2, 0.25) is 0 Å². The van der Waals surface area contributed by atoms with Crippen LogP contribution in [0.3, 0.4) is 0 Å². The fourth-order valence-electron chi connectivity index (χ4n) is 3.87. The van der Waals surface area contributed by atoms with Crippen LogP contribution in [0, 0.1) is 0 Å². The van der Waals surface area contributed by atoms with E-state index in [0.29, 0.717) is 37.2 Å². The molecule has 3 N–H and O–H groups in total. The molecule has 1 aliphatic carbocycles. The van der Waals surface area contributed by atoms with Gasteiger partial charge in [-0.2, -0.15) is 0 Å². The molecule has 34 heavy (non-hydrogen) atoms. The molecule has 8 nitrogen and oxygen atoms in total. The number of hydrogen-bond donors (Lipinski definition) is 3. The summed E-state index contributed by atoms with van der Waals surface area (Å²) in [7, 11) is -3.52. The maximum Gasteiger partial charge on any atom is 0.263 e. The number of rotatable bonds is 11. The predicted molar refractivity (Wildman–Crippen MR) is 130 cm³/mol. The van der Waals surface area contributed by atoms with Crippen LogP contribution >= 0.6 is 0 Å². The van der Waals surface area contributed by atoms with E-state index in [1.54, 1.807) is 24.3 Å². The number of fused-ring (bicyclic) bond motifs is 1. The van der Waals surface area contributed by atoms with E-state index in [2.05, 4.69) is 20.3 Å². The minimum absolute atomic E-state index is 0.130. The standard InChI is InChI=1S/C25H30N4O4S/c30-23(28-21(25(31)27-19-14-15-19)17-18-9-3-1-4-10-18)13-5-2-8-16-26-24-20-11-6-7-12-22(20)34(32,33)29-24/h1,3-4,6-7,9-12,19,21H,2,5,8,13-17H2,(H,26,29)(H,27,31)(H,28,30). The minimum atomic E-state index is -3.52. The zero-order valence-corrected chi connectivity index (χ0v) is 19.8. The summed E-state index contributed by atoms with van der Waals surface area (Å²) in [5.74, 6) is 0.101. The van der Waals surface area contributed by atoms with E-state index in [9.17, 15) is 18.0 Å². The topological polar surface area (TPSA) is 117 Å². The number of hydrogen-bond acceptors (Lipinski definition) is 5. The largest absolute Gasteiger partial charge is 0.352 e. The fraction of sp³-hybridized carbons (Fsp3) is 0.400. The normalized spacial score (nSPS) is 18.1. The first kappa shape index (κ1) is 23.9. The first-order valence-corrected chi connectivity index (χ1v) is 13.2. The molecule has 0 bridgehead atoms. The summed E-state index contributed by atoms with van der Waals surface area (Å²) in [5.41, 5.74) is 1.60. The lowest BCUT2D eigenvalue weighted by molar-refractivity contribution is -0.129. The molecule has 2 aliphatic rings. The Morgan fingerprint density at radius 3 is 2.50 bits per heavy atom. The molecule has 1 unspecified atom stereocenters. The van der Waals surface area contributed by atoms with Gasteiger partial charge < -0.3 is 10.6 Å². The van der Waals surface area contributed by atoms with Crippen molar-refractivity contribution in [1.29, 1.82) is 0 Å². The minimum Gasteiger partial charge on any atom is -0.352 e. The summed E-state index contributed by atoms with van der Waals surface area (Å²) in [6.07, 6.45) is 4.95. The molecule has 0 saturated heterocycles. The molecule has 0 radical (unpaired) electrons. The van der Waals surface area contributed by atoms with Crippen LogP contribution in [-0.2, 0) is 26.0 Å². The number of amidine groups is 1. The van der Waals surface area contributed by atoms with Crippen LogP contribution in [0.4, 0.5) is 0 Å². The molecule has 1 heterocycles. The SMILES string of the molecule is O=C(CCCCCN=C1NS(=O)(=O)c2ccccc21)NC(Cc1ccccc1)C(=O)NC1CC1. The number of unbranched alkanes of at least 4 members (excludes halogenated alkanes) is 2. The van der Waals surface area contributed by atoms with Gasteiger partial charge in [0.05, 0.1) is 4.90 Å². The van der Waals surface area contributed by atoms with Gasteiger partial charge in [0.25, 0.3) is 10.0 Å². The highest BCUT2D eigenvalue weighted by atomic mass is 32.2. The summed E-state index contributed by atoms with van der Waals surface area (Å²) in [5, 5.41) is 5.88. The van der Waals surface area contributed by atoms with Crippen molar-refractivity contribution in [2.45, 2.75) is 61.9 Å². The molecule has 4 rings (SSSR count). The predicted octanol–water partition coefficient (Wildman–Crippen LogP) is 2.29. The Bertz CT molecular complexity index is 1160. The van der Waals surface area contributed by atoms with Crippen molar-refractivity contribution in [3.63, 3.8) is 0 Å². The van der Waals surface area contributed by atoms with Crippen LogP contribution in [0.25, 0.3) is 0 Å². The van der Waals surface area contributed by atoms with Gasteiger partial charge in [0, 0.05) is 31.0 Å². The van der Waals surface area contributed by atoms with Crippen molar-refractivity contribution in [3.05, 3.63) is 65.7 Å². The number of aliphatic imine (C=N–C) groups is 1. The Balaban J connectivity index is 1.21. The molecule has 2 aromatic carbocycles. The third-order valence-corrected chi connectivity index (χ3v) is 7.25. The highest BCUT2D eigenvalue weighted by Gasteiger charge is 2.30. The van der Waals surface area contributed by atoms with Crippen molar-refractivity contribution in [1.82, 2.24) is 15.4 Å². The molecule has 2 amide bonds. The van der Waals surface area contributed by atoms with E-state index >= 15 is 0 Å². The fourth-order valence-corrected chi connectivity index (χ4v) is 5.12. The lowest BCUT2D eigenvalue weighted by Crippen LogP contribution is -2.48. The van der Waals surface area contributed by atoms with Gasteiger partial charge in [-0.1, -0.05) is 48.9 Å². The van der Waals surface area contributed by atoms with Crippen molar-refractivity contribution < 1.29 is 18.0 Å². The van der Waals surface area contributed by atoms with E-state index in [1.807, 2.05) is 30.3 Å². The number of sulfonamides is 1. The number of nitrogens with zero attached hydrogens (tertiary/aromatic N) is 1. The summed E-state index contributed by atoms with van der Waals surface area (Å²) >= 11 is 0. The summed E-state index contributed by atoms with van der Waals surface area (Å²) in [6, 6.07) is 16.1. The lowest BCUT2D eigenvalue weighted by Gasteiger charge is -2.18. The Kier molecular flexibility index (Phi) is 7.62. The Hall–Kier alpha value is -3.20. The molecule has 1 saturated carbocycles. The van der Waals surface area contributed by atoms with Crippen molar-refractivity contribution in [2.24, 2.45) is 4.99 Å². The van der Waals surface area contributed by atoms with Crippen LogP contribution < -0.4 is 15.4 Å². The van der Waals surface area contributed by atoms with Crippen LogP contribution in [-0.4, -0.2) is 44.7 Å². The number of carbonyl (C=O) groups is 2. The second-order valence-electron chi connectivity index (χ2n) is 8.74. The molecule has 0 aromatic heterocycles. The highest BCUT2D eigenvalue weighted by Crippen LogP contribution is 2.22. The quantitative estimate of drug-likeness (QED) is 0.426. The smallest absolute Gasteiger partial charge is 0.263 e. The van der Waals surface area contributed by atoms with Crippen LogP contribution in [0.1, 0.15) is 49.7 Å². The van der Waals surface area contributed by atoms with Gasteiger partial charge in [-0.15, -0.1) is 0 Å². The Labute approximate surface area is 200 Å². The third-order valence-electron chi connectivity index (χ3n) is 5.85. The second-order valence-corrected chi connectivity index (χ2v) is 10.4. The van der Waals surface area contributed by atoms with Gasteiger partial charge in [0.2, 0.25) is 11.8 Å². The number of benzene rings is 2. The van der Waals surface area contributed by atoms with E-state index in [4.69, 9.17) is 0 Å². The second kappa shape index (κ2) is 10.8. The lowest BCUT2D eigenvalue weighted by atomic mass is 10.0. The number of amides is 2. The molecule has 0 spiro atoms. The number of carbonyl (C=O) groups excluding carboxylic acids is 2. The van der Waals surface area contributed by atoms with Crippen molar-refractivity contribution in [3.8, 4) is 0 Å². The number of nitrogens with one attached hydrogen (secondary N) is 3. The zero-order valence-electron chi connectivity index (χ0n) is 19.0. The van der Waals surface area contributed by atoms with Crippen molar-refractivity contribution in [2.75, 3.05) is 6.54 Å². The Morgan fingerprint density at radius 2 is 1.74 bits per heavy atom. The maximum absolute atomic E-state index is 12.6. The van der Waals surface area contributed by atoms with Gasteiger partial charge in [0.15, 0.2) is 0 Å². The van der Waals surface area contributed by atoms with Crippen LogP contribution in [0.15, 0.2) is 64.5 Å². The van der Waals surface area contributed by atoms with Gasteiger partial charge >= 0.3 is 0 Å². The molecule has 1 atom stereocenters. The Morgan fingerprint density at radius 1 is 1.00 bits per heavy atom. The first-order chi connectivity index (χ1) is 16.4. The van der Waals surface area contributed by atoms with E-state index in [-0.39, 0.29) is 22.8 Å². The monoisotopic (exact) mass is 482 g/mol. The van der Waals surface area contributed by atoms with E-state index in [1.165, 1.54) is 0 Å². The van der Waals surface area contributed by atoms with E-state index in [0.717, 1.165) is 31.2 Å². The average molecular weight is 483 g/mol. The highest BCUT2D eigenvalue weighted by molar-refractivity contribution is 7.90. The zero-order chi connectivity index (χ0) is 24.0. The molecule has 180 valence electrons. The summed E-state index contributed by atoms with van der Waals surface area (Å²) < 4.78 is 26.7. The maximum atomic E-state index is 12.6. The van der Waals surface area contributed by atoms with Gasteiger partial charge in [0.1, 0.15) is 11.9 Å². The summed E-state index contributed by atoms with van der Waals surface area (Å²) in [4.78, 5) is 29.8.